The number of carbonyl (C=O) groups is 1. The number of hydrogen-bond acceptors (Lipinski definition) is 7. The Kier molecular flexibility index (Phi) is 7.83. The lowest BCUT2D eigenvalue weighted by molar-refractivity contribution is -0.116. The van der Waals surface area contributed by atoms with E-state index in [1.54, 1.807) is 0 Å². The van der Waals surface area contributed by atoms with E-state index in [1.807, 2.05) is 18.2 Å². The van der Waals surface area contributed by atoms with Crippen molar-refractivity contribution < 1.29 is 14.3 Å². The second-order valence-corrected chi connectivity index (χ2v) is 9.39. The summed E-state index contributed by atoms with van der Waals surface area (Å²) >= 11 is 0. The van der Waals surface area contributed by atoms with Crippen LogP contribution < -0.4 is 25.4 Å². The number of hydrogen-bond donors (Lipinski definition) is 2. The summed E-state index contributed by atoms with van der Waals surface area (Å²) in [5, 5.41) is 5.29. The van der Waals surface area contributed by atoms with Crippen molar-refractivity contribution in [1.29, 1.82) is 0 Å². The van der Waals surface area contributed by atoms with Gasteiger partial charge in [-0.25, -0.2) is 0 Å². The second kappa shape index (κ2) is 11.6. The first-order valence-corrected chi connectivity index (χ1v) is 12.9. The van der Waals surface area contributed by atoms with Gasteiger partial charge in [-0.3, -0.25) is 9.69 Å². The van der Waals surface area contributed by atoms with E-state index in [4.69, 9.17) is 15.2 Å². The van der Waals surface area contributed by atoms with Crippen LogP contribution in [0.15, 0.2) is 48.5 Å². The second-order valence-electron chi connectivity index (χ2n) is 9.39. The number of aromatic nitrogens is 1. The summed E-state index contributed by atoms with van der Waals surface area (Å²) in [4.78, 5) is 21.0. The topological polar surface area (TPSA) is 93.0 Å². The largest absolute Gasteiger partial charge is 0.492 e. The lowest BCUT2D eigenvalue weighted by Crippen LogP contribution is -2.46. The van der Waals surface area contributed by atoms with E-state index in [-0.39, 0.29) is 5.91 Å². The molecule has 1 aromatic heterocycles. The van der Waals surface area contributed by atoms with Gasteiger partial charge in [0.1, 0.15) is 18.2 Å². The van der Waals surface area contributed by atoms with Gasteiger partial charge in [0.25, 0.3) is 0 Å². The Morgan fingerprint density at radius 2 is 1.83 bits per heavy atom. The Morgan fingerprint density at radius 1 is 0.944 bits per heavy atom. The van der Waals surface area contributed by atoms with Crippen molar-refractivity contribution in [2.45, 2.75) is 25.7 Å². The van der Waals surface area contributed by atoms with E-state index in [0.717, 1.165) is 63.3 Å². The van der Waals surface area contributed by atoms with Gasteiger partial charge in [-0.05, 0) is 61.0 Å². The molecule has 3 heterocycles. The minimum atomic E-state index is 0.0222. The molecule has 2 aliphatic rings. The first-order chi connectivity index (χ1) is 17.7. The molecule has 5 rings (SSSR count). The molecule has 3 aromatic rings. The van der Waals surface area contributed by atoms with Crippen molar-refractivity contribution in [3.05, 3.63) is 54.1 Å². The average Bonchev–Trinajstić information content (AvgIpc) is 2.91. The van der Waals surface area contributed by atoms with E-state index < -0.39 is 0 Å². The summed E-state index contributed by atoms with van der Waals surface area (Å²) in [5.74, 6) is 2.12. The zero-order chi connectivity index (χ0) is 24.7. The van der Waals surface area contributed by atoms with E-state index in [2.05, 4.69) is 50.4 Å². The number of carbonyl (C=O) groups excluding carboxylic acids is 1. The van der Waals surface area contributed by atoms with Gasteiger partial charge in [-0.1, -0.05) is 18.2 Å². The molecule has 2 aromatic carbocycles. The van der Waals surface area contributed by atoms with E-state index >= 15 is 0 Å². The van der Waals surface area contributed by atoms with Crippen molar-refractivity contribution in [3.63, 3.8) is 0 Å². The average molecular weight is 490 g/mol. The summed E-state index contributed by atoms with van der Waals surface area (Å²) < 4.78 is 11.6. The number of nitrogens with one attached hydrogen (secondary N) is 1. The van der Waals surface area contributed by atoms with Crippen LogP contribution in [0.2, 0.25) is 0 Å². The number of anilines is 2. The lowest BCUT2D eigenvalue weighted by atomic mass is 10.1. The van der Waals surface area contributed by atoms with E-state index in [0.29, 0.717) is 37.9 Å². The van der Waals surface area contributed by atoms with Gasteiger partial charge >= 0.3 is 0 Å². The zero-order valence-corrected chi connectivity index (χ0v) is 20.7. The van der Waals surface area contributed by atoms with Crippen molar-refractivity contribution >= 4 is 28.2 Å². The molecule has 0 bridgehead atoms. The third-order valence-electron chi connectivity index (χ3n) is 6.88. The van der Waals surface area contributed by atoms with E-state index in [9.17, 15) is 4.79 Å². The van der Waals surface area contributed by atoms with Crippen molar-refractivity contribution in [2.75, 3.05) is 62.7 Å². The lowest BCUT2D eigenvalue weighted by Gasteiger charge is -2.36. The Hall–Kier alpha value is -3.36. The fourth-order valence-corrected chi connectivity index (χ4v) is 4.91. The van der Waals surface area contributed by atoms with Crippen LogP contribution in [0.3, 0.4) is 0 Å². The molecule has 3 N–H and O–H groups in total. The highest BCUT2D eigenvalue weighted by Gasteiger charge is 2.19. The molecule has 8 nitrogen and oxygen atoms in total. The molecule has 1 saturated heterocycles. The summed E-state index contributed by atoms with van der Waals surface area (Å²) in [6, 6.07) is 16.7. The summed E-state index contributed by atoms with van der Waals surface area (Å²) in [6.45, 7) is 6.85. The first kappa shape index (κ1) is 24.3. The van der Waals surface area contributed by atoms with Crippen LogP contribution in [0, 0.1) is 0 Å². The van der Waals surface area contributed by atoms with Gasteiger partial charge in [0.15, 0.2) is 0 Å². The van der Waals surface area contributed by atoms with Gasteiger partial charge < -0.3 is 25.4 Å². The summed E-state index contributed by atoms with van der Waals surface area (Å²) in [7, 11) is 0. The molecule has 0 aliphatic carbocycles. The van der Waals surface area contributed by atoms with Crippen LogP contribution >= 0.6 is 0 Å². The zero-order valence-electron chi connectivity index (χ0n) is 20.7. The Morgan fingerprint density at radius 3 is 2.69 bits per heavy atom. The maximum Gasteiger partial charge on any atom is 0.225 e. The van der Waals surface area contributed by atoms with Crippen LogP contribution in [0.4, 0.5) is 11.5 Å². The van der Waals surface area contributed by atoms with E-state index in [1.165, 1.54) is 16.5 Å². The van der Waals surface area contributed by atoms with Crippen LogP contribution in [0.5, 0.6) is 11.6 Å². The SMILES string of the molecule is NCCOc1ccc2cccc(N3CCN(CCCCOc4ccc5c(n4)NC(=O)CC5)CC3)c2c1. The predicted molar refractivity (Wildman–Crippen MR) is 143 cm³/mol. The van der Waals surface area contributed by atoms with Crippen LogP contribution in [-0.4, -0.2) is 68.3 Å². The summed E-state index contributed by atoms with van der Waals surface area (Å²) in [5.41, 5.74) is 7.94. The highest BCUT2D eigenvalue weighted by atomic mass is 16.5. The van der Waals surface area contributed by atoms with Gasteiger partial charge in [-0.2, -0.15) is 4.98 Å². The molecule has 0 saturated carbocycles. The molecule has 0 spiro atoms. The maximum atomic E-state index is 11.6. The Balaban J connectivity index is 1.07. The number of aryl methyl sites for hydroxylation is 1. The number of rotatable bonds is 10. The molecule has 8 heteroatoms. The van der Waals surface area contributed by atoms with Crippen LogP contribution in [-0.2, 0) is 11.2 Å². The number of nitrogens with zero attached hydrogens (tertiary/aromatic N) is 3. The molecular weight excluding hydrogens is 454 g/mol. The van der Waals surface area contributed by atoms with Gasteiger partial charge in [0.05, 0.1) is 6.61 Å². The fourth-order valence-electron chi connectivity index (χ4n) is 4.91. The number of fused-ring (bicyclic) bond motifs is 2. The standard InChI is InChI=1S/C28H35N5O3/c29-12-19-35-23-9-6-21-4-3-5-25(24(21)20-23)33-16-14-32(15-17-33)13-1-2-18-36-27-11-8-22-7-10-26(34)30-28(22)31-27/h3-6,8-9,11,20H,1-2,7,10,12-19,29H2,(H,30,31,34). The number of benzene rings is 2. The number of unbranched alkanes of at least 4 members (excludes halogenated alkanes) is 1. The molecule has 0 atom stereocenters. The number of amides is 1. The maximum absolute atomic E-state index is 11.6. The van der Waals surface area contributed by atoms with Gasteiger partial charge in [0.2, 0.25) is 11.8 Å². The van der Waals surface area contributed by atoms with Gasteiger partial charge in [0, 0.05) is 56.3 Å². The molecule has 1 fully saturated rings. The monoisotopic (exact) mass is 489 g/mol. The minimum absolute atomic E-state index is 0.0222. The summed E-state index contributed by atoms with van der Waals surface area (Å²) in [6.07, 6.45) is 3.32. The highest BCUT2D eigenvalue weighted by Crippen LogP contribution is 2.31. The number of pyridine rings is 1. The molecule has 0 unspecified atom stereocenters. The molecule has 36 heavy (non-hydrogen) atoms. The Bertz CT molecular complexity index is 1190. The number of ether oxygens (including phenoxy) is 2. The van der Waals surface area contributed by atoms with Crippen molar-refractivity contribution in [1.82, 2.24) is 9.88 Å². The first-order valence-electron chi connectivity index (χ1n) is 12.9. The quantitative estimate of drug-likeness (QED) is 0.422. The van der Waals surface area contributed by atoms with Crippen LogP contribution in [0.25, 0.3) is 10.8 Å². The third-order valence-corrected chi connectivity index (χ3v) is 6.88. The fraction of sp³-hybridized carbons (Fsp3) is 0.429. The Labute approximate surface area is 212 Å². The normalized spacial score (nSPS) is 16.0. The third kappa shape index (κ3) is 5.88. The number of nitrogens with two attached hydrogens (primary N) is 1. The van der Waals surface area contributed by atoms with Crippen molar-refractivity contribution in [2.24, 2.45) is 5.73 Å². The highest BCUT2D eigenvalue weighted by molar-refractivity contribution is 5.95. The molecule has 0 radical (unpaired) electrons. The molecule has 2 aliphatic heterocycles. The number of piperazine rings is 1. The smallest absolute Gasteiger partial charge is 0.225 e. The van der Waals surface area contributed by atoms with Crippen LogP contribution in [0.1, 0.15) is 24.8 Å². The molecular formula is C28H35N5O3. The minimum Gasteiger partial charge on any atom is -0.492 e. The predicted octanol–water partition coefficient (Wildman–Crippen LogP) is 3.44. The van der Waals surface area contributed by atoms with Gasteiger partial charge in [-0.15, -0.1) is 0 Å². The molecule has 1 amide bonds. The van der Waals surface area contributed by atoms with Crippen molar-refractivity contribution in [3.8, 4) is 11.6 Å². The molecule has 190 valence electrons.